The third-order valence-electron chi connectivity index (χ3n) is 3.58. The van der Waals surface area contributed by atoms with Gasteiger partial charge in [0.25, 0.3) is 0 Å². The standard InChI is InChI=1S/C16H10Cl2N2/c17-11-5-6-13(14(18)7-11)15-9-20-8-10-3-1-2-4-12(10)16(20)19-15/h1-7,9H,8H2. The van der Waals surface area contributed by atoms with Gasteiger partial charge in [-0.05, 0) is 23.8 Å². The minimum absolute atomic E-state index is 0.627. The zero-order chi connectivity index (χ0) is 13.7. The number of hydrogen-bond donors (Lipinski definition) is 0. The summed E-state index contributed by atoms with van der Waals surface area (Å²) in [5, 5.41) is 1.26. The van der Waals surface area contributed by atoms with Crippen molar-refractivity contribution < 1.29 is 0 Å². The number of aromatic nitrogens is 2. The van der Waals surface area contributed by atoms with Crippen molar-refractivity contribution in [2.75, 3.05) is 0 Å². The van der Waals surface area contributed by atoms with E-state index in [1.807, 2.05) is 24.4 Å². The van der Waals surface area contributed by atoms with Gasteiger partial charge in [-0.2, -0.15) is 0 Å². The summed E-state index contributed by atoms with van der Waals surface area (Å²) in [5.74, 6) is 1.00. The van der Waals surface area contributed by atoms with E-state index in [0.29, 0.717) is 10.0 Å². The first-order valence-electron chi connectivity index (χ1n) is 6.33. The second-order valence-electron chi connectivity index (χ2n) is 4.86. The summed E-state index contributed by atoms with van der Waals surface area (Å²) in [6.45, 7) is 0.865. The van der Waals surface area contributed by atoms with Crippen LogP contribution in [0.15, 0.2) is 48.7 Å². The van der Waals surface area contributed by atoms with Crippen molar-refractivity contribution in [3.63, 3.8) is 0 Å². The first kappa shape index (κ1) is 12.0. The fourth-order valence-corrected chi connectivity index (χ4v) is 3.14. The quantitative estimate of drug-likeness (QED) is 0.489. The van der Waals surface area contributed by atoms with Crippen molar-refractivity contribution in [1.82, 2.24) is 9.55 Å². The molecule has 1 aliphatic rings. The summed E-state index contributed by atoms with van der Waals surface area (Å²) in [7, 11) is 0. The SMILES string of the molecule is Clc1ccc(-c2cn3c(n2)-c2ccccc2C3)c(Cl)c1. The van der Waals surface area contributed by atoms with Gasteiger partial charge in [0.15, 0.2) is 0 Å². The fraction of sp³-hybridized carbons (Fsp3) is 0.0625. The van der Waals surface area contributed by atoms with Crippen LogP contribution >= 0.6 is 23.2 Å². The highest BCUT2D eigenvalue weighted by molar-refractivity contribution is 6.36. The van der Waals surface area contributed by atoms with E-state index in [4.69, 9.17) is 28.2 Å². The van der Waals surface area contributed by atoms with Crippen molar-refractivity contribution in [2.24, 2.45) is 0 Å². The van der Waals surface area contributed by atoms with Crippen LogP contribution in [0.2, 0.25) is 10.0 Å². The summed E-state index contributed by atoms with van der Waals surface area (Å²) in [4.78, 5) is 4.73. The molecule has 0 radical (unpaired) electrons. The van der Waals surface area contributed by atoms with Gasteiger partial charge in [-0.1, -0.05) is 47.5 Å². The van der Waals surface area contributed by atoms with Crippen molar-refractivity contribution >= 4 is 23.2 Å². The van der Waals surface area contributed by atoms with E-state index in [-0.39, 0.29) is 0 Å². The van der Waals surface area contributed by atoms with Crippen LogP contribution < -0.4 is 0 Å². The fourth-order valence-electron chi connectivity index (χ4n) is 2.64. The highest BCUT2D eigenvalue weighted by Gasteiger charge is 2.21. The van der Waals surface area contributed by atoms with E-state index in [0.717, 1.165) is 23.6 Å². The van der Waals surface area contributed by atoms with E-state index >= 15 is 0 Å². The molecule has 2 nitrogen and oxygen atoms in total. The van der Waals surface area contributed by atoms with Crippen molar-refractivity contribution in [2.45, 2.75) is 6.54 Å². The Balaban J connectivity index is 1.85. The Kier molecular flexibility index (Phi) is 2.62. The third kappa shape index (κ3) is 1.76. The molecule has 20 heavy (non-hydrogen) atoms. The summed E-state index contributed by atoms with van der Waals surface area (Å²) in [5.41, 5.74) is 4.30. The van der Waals surface area contributed by atoms with Crippen molar-refractivity contribution in [3.05, 3.63) is 64.3 Å². The molecule has 2 heterocycles. The lowest BCUT2D eigenvalue weighted by molar-refractivity contribution is 0.848. The molecule has 0 aliphatic carbocycles. The van der Waals surface area contributed by atoms with Crippen LogP contribution in [0.25, 0.3) is 22.6 Å². The number of fused-ring (bicyclic) bond motifs is 3. The zero-order valence-electron chi connectivity index (χ0n) is 10.5. The zero-order valence-corrected chi connectivity index (χ0v) is 12.0. The number of halogens is 2. The van der Waals surface area contributed by atoms with Crippen LogP contribution in [0.3, 0.4) is 0 Å². The number of imidazole rings is 1. The van der Waals surface area contributed by atoms with Gasteiger partial charge in [0.05, 0.1) is 10.7 Å². The Bertz CT molecular complexity index is 821. The lowest BCUT2D eigenvalue weighted by atomic mass is 10.1. The molecule has 4 heteroatoms. The number of rotatable bonds is 1. The van der Waals surface area contributed by atoms with Gasteiger partial charge in [0.1, 0.15) is 5.82 Å². The van der Waals surface area contributed by atoms with Crippen LogP contribution in [0.1, 0.15) is 5.56 Å². The van der Waals surface area contributed by atoms with Crippen LogP contribution in [-0.2, 0) is 6.54 Å². The van der Waals surface area contributed by atoms with Gasteiger partial charge >= 0.3 is 0 Å². The number of hydrogen-bond acceptors (Lipinski definition) is 1. The molecule has 0 N–H and O–H groups in total. The van der Waals surface area contributed by atoms with Crippen molar-refractivity contribution in [3.8, 4) is 22.6 Å². The van der Waals surface area contributed by atoms with E-state index in [9.17, 15) is 0 Å². The lowest BCUT2D eigenvalue weighted by Gasteiger charge is -2.02. The predicted octanol–water partition coefficient (Wildman–Crippen LogP) is 4.89. The number of nitrogens with zero attached hydrogens (tertiary/aromatic N) is 2. The van der Waals surface area contributed by atoms with Crippen LogP contribution in [0.5, 0.6) is 0 Å². The molecule has 4 rings (SSSR count). The minimum atomic E-state index is 0.627. The van der Waals surface area contributed by atoms with Crippen molar-refractivity contribution in [1.29, 1.82) is 0 Å². The Morgan fingerprint density at radius 2 is 1.85 bits per heavy atom. The molecule has 0 bridgehead atoms. The Morgan fingerprint density at radius 3 is 2.70 bits per heavy atom. The highest BCUT2D eigenvalue weighted by Crippen LogP contribution is 2.36. The Labute approximate surface area is 126 Å². The average molecular weight is 301 g/mol. The third-order valence-corrected chi connectivity index (χ3v) is 4.13. The maximum atomic E-state index is 6.25. The second-order valence-corrected chi connectivity index (χ2v) is 5.70. The van der Waals surface area contributed by atoms with Gasteiger partial charge in [0, 0.05) is 28.9 Å². The molecule has 2 aromatic carbocycles. The second kappa shape index (κ2) is 4.37. The van der Waals surface area contributed by atoms with Crippen LogP contribution in [0, 0.1) is 0 Å². The van der Waals surface area contributed by atoms with Gasteiger partial charge in [-0.25, -0.2) is 4.98 Å². The molecule has 0 amide bonds. The topological polar surface area (TPSA) is 17.8 Å². The van der Waals surface area contributed by atoms with E-state index in [1.165, 1.54) is 11.1 Å². The molecular weight excluding hydrogens is 291 g/mol. The highest BCUT2D eigenvalue weighted by atomic mass is 35.5. The largest absolute Gasteiger partial charge is 0.326 e. The first-order valence-corrected chi connectivity index (χ1v) is 7.09. The normalized spacial score (nSPS) is 12.3. The maximum Gasteiger partial charge on any atom is 0.141 e. The monoisotopic (exact) mass is 300 g/mol. The molecule has 0 unspecified atom stereocenters. The average Bonchev–Trinajstić information content (AvgIpc) is 2.96. The molecular formula is C16H10Cl2N2. The van der Waals surface area contributed by atoms with Gasteiger partial charge in [-0.3, -0.25) is 0 Å². The molecule has 98 valence electrons. The molecule has 0 fully saturated rings. The molecule has 3 aromatic rings. The molecule has 0 atom stereocenters. The van der Waals surface area contributed by atoms with Gasteiger partial charge < -0.3 is 4.57 Å². The minimum Gasteiger partial charge on any atom is -0.326 e. The lowest BCUT2D eigenvalue weighted by Crippen LogP contribution is -1.89. The molecule has 0 spiro atoms. The Hall–Kier alpha value is -1.77. The Morgan fingerprint density at radius 1 is 1.00 bits per heavy atom. The predicted molar refractivity (Wildman–Crippen MR) is 82.2 cm³/mol. The molecule has 1 aliphatic heterocycles. The molecule has 0 saturated carbocycles. The van der Waals surface area contributed by atoms with Crippen LogP contribution in [-0.4, -0.2) is 9.55 Å². The summed E-state index contributed by atoms with van der Waals surface area (Å²) in [6, 6.07) is 13.8. The van der Waals surface area contributed by atoms with E-state index in [1.54, 1.807) is 6.07 Å². The summed E-state index contributed by atoms with van der Waals surface area (Å²) >= 11 is 12.2. The molecule has 1 aromatic heterocycles. The van der Waals surface area contributed by atoms with E-state index < -0.39 is 0 Å². The smallest absolute Gasteiger partial charge is 0.141 e. The van der Waals surface area contributed by atoms with E-state index in [2.05, 4.69) is 22.8 Å². The van der Waals surface area contributed by atoms with Gasteiger partial charge in [-0.15, -0.1) is 0 Å². The van der Waals surface area contributed by atoms with Gasteiger partial charge in [0.2, 0.25) is 0 Å². The first-order chi connectivity index (χ1) is 9.72. The number of benzene rings is 2. The summed E-state index contributed by atoms with van der Waals surface area (Å²) in [6.07, 6.45) is 2.05. The molecule has 0 saturated heterocycles. The maximum absolute atomic E-state index is 6.25. The summed E-state index contributed by atoms with van der Waals surface area (Å²) < 4.78 is 2.16. The van der Waals surface area contributed by atoms with Crippen LogP contribution in [0.4, 0.5) is 0 Å².